The van der Waals surface area contributed by atoms with Gasteiger partial charge in [0.25, 0.3) is 0 Å². The van der Waals surface area contributed by atoms with Gasteiger partial charge in [0.1, 0.15) is 11.8 Å². The third kappa shape index (κ3) is 3.08. The number of ether oxygens (including phenoxy) is 2. The first kappa shape index (κ1) is 12.1. The quantitative estimate of drug-likeness (QED) is 0.787. The number of hydrogen-bond donors (Lipinski definition) is 2. The van der Waals surface area contributed by atoms with Crippen LogP contribution in [0.5, 0.6) is 5.88 Å². The molecule has 0 amide bonds. The predicted molar refractivity (Wildman–Crippen MR) is 63.3 cm³/mol. The summed E-state index contributed by atoms with van der Waals surface area (Å²) >= 11 is 0. The fraction of sp³-hybridized carbons (Fsp3) is 0.583. The fourth-order valence-corrected chi connectivity index (χ4v) is 2.15. The van der Waals surface area contributed by atoms with Crippen LogP contribution in [0.4, 0.5) is 5.69 Å². The van der Waals surface area contributed by atoms with Gasteiger partial charge in [-0.05, 0) is 31.4 Å². The molecule has 17 heavy (non-hydrogen) atoms. The summed E-state index contributed by atoms with van der Waals surface area (Å²) < 4.78 is 11.1. The van der Waals surface area contributed by atoms with Crippen molar-refractivity contribution < 1.29 is 14.7 Å². The summed E-state index contributed by atoms with van der Waals surface area (Å²) in [5, 5.41) is 8.95. The zero-order valence-corrected chi connectivity index (χ0v) is 9.93. The van der Waals surface area contributed by atoms with E-state index in [4.69, 9.17) is 14.7 Å². The normalized spacial score (nSPS) is 24.4. The summed E-state index contributed by atoms with van der Waals surface area (Å²) in [6, 6.07) is 3.46. The first-order valence-corrected chi connectivity index (χ1v) is 5.88. The Labute approximate surface area is 101 Å². The van der Waals surface area contributed by atoms with Gasteiger partial charge in [-0.1, -0.05) is 0 Å². The van der Waals surface area contributed by atoms with E-state index in [1.165, 1.54) is 0 Å². The van der Waals surface area contributed by atoms with E-state index in [2.05, 4.69) is 10.5 Å². The summed E-state index contributed by atoms with van der Waals surface area (Å²) in [5.74, 6) is 0.441. The van der Waals surface area contributed by atoms with Crippen molar-refractivity contribution in [3.63, 3.8) is 0 Å². The molecular formula is C12H18N2O3. The first-order valence-electron chi connectivity index (χ1n) is 5.88. The SMILES string of the molecule is COC1CCCC(Oc2ncccc2NO)C1. The van der Waals surface area contributed by atoms with E-state index >= 15 is 0 Å². The highest BCUT2D eigenvalue weighted by Crippen LogP contribution is 2.27. The highest BCUT2D eigenvalue weighted by Gasteiger charge is 2.24. The number of nitrogens with zero attached hydrogens (tertiary/aromatic N) is 1. The molecule has 5 nitrogen and oxygen atoms in total. The molecule has 1 aliphatic rings. The summed E-state index contributed by atoms with van der Waals surface area (Å²) in [6.07, 6.45) is 6.08. The van der Waals surface area contributed by atoms with Crippen molar-refractivity contribution in [1.82, 2.24) is 4.98 Å². The maximum absolute atomic E-state index is 8.95. The molecule has 0 saturated heterocycles. The van der Waals surface area contributed by atoms with Gasteiger partial charge in [-0.2, -0.15) is 0 Å². The minimum atomic E-state index is 0.107. The van der Waals surface area contributed by atoms with Crippen LogP contribution in [-0.2, 0) is 4.74 Å². The van der Waals surface area contributed by atoms with E-state index < -0.39 is 0 Å². The van der Waals surface area contributed by atoms with Gasteiger partial charge >= 0.3 is 0 Å². The minimum Gasteiger partial charge on any atom is -0.473 e. The van der Waals surface area contributed by atoms with Crippen molar-refractivity contribution in [1.29, 1.82) is 0 Å². The van der Waals surface area contributed by atoms with E-state index in [-0.39, 0.29) is 12.2 Å². The molecule has 1 saturated carbocycles. The molecule has 1 aliphatic carbocycles. The van der Waals surface area contributed by atoms with Gasteiger partial charge in [-0.25, -0.2) is 4.98 Å². The Balaban J connectivity index is 2.00. The van der Waals surface area contributed by atoms with E-state index in [9.17, 15) is 0 Å². The van der Waals surface area contributed by atoms with Crippen LogP contribution in [0, 0.1) is 0 Å². The minimum absolute atomic E-state index is 0.107. The third-order valence-corrected chi connectivity index (χ3v) is 3.08. The molecule has 94 valence electrons. The number of aromatic nitrogens is 1. The third-order valence-electron chi connectivity index (χ3n) is 3.08. The van der Waals surface area contributed by atoms with Crippen LogP contribution in [-0.4, -0.2) is 29.5 Å². The molecule has 0 bridgehead atoms. The fourth-order valence-electron chi connectivity index (χ4n) is 2.15. The van der Waals surface area contributed by atoms with Gasteiger partial charge in [-0.15, -0.1) is 0 Å². The average Bonchev–Trinajstić information content (AvgIpc) is 2.39. The number of nitrogens with one attached hydrogen (secondary N) is 1. The van der Waals surface area contributed by atoms with Gasteiger partial charge in [-0.3, -0.25) is 10.7 Å². The molecule has 2 atom stereocenters. The summed E-state index contributed by atoms with van der Waals surface area (Å²) in [6.45, 7) is 0. The molecule has 0 aromatic carbocycles. The maximum atomic E-state index is 8.95. The molecule has 2 N–H and O–H groups in total. The Kier molecular flexibility index (Phi) is 4.17. The smallest absolute Gasteiger partial charge is 0.239 e. The predicted octanol–water partition coefficient (Wildman–Crippen LogP) is 2.22. The van der Waals surface area contributed by atoms with E-state index in [1.54, 1.807) is 25.4 Å². The Morgan fingerprint density at radius 1 is 1.41 bits per heavy atom. The van der Waals surface area contributed by atoms with Crippen molar-refractivity contribution in [3.8, 4) is 5.88 Å². The Morgan fingerprint density at radius 3 is 3.00 bits per heavy atom. The highest BCUT2D eigenvalue weighted by atomic mass is 16.5. The van der Waals surface area contributed by atoms with Crippen LogP contribution >= 0.6 is 0 Å². The second-order valence-electron chi connectivity index (χ2n) is 4.23. The number of pyridine rings is 1. The Bertz CT molecular complexity index is 359. The van der Waals surface area contributed by atoms with Crippen LogP contribution in [0.25, 0.3) is 0 Å². The molecule has 0 aliphatic heterocycles. The lowest BCUT2D eigenvalue weighted by Gasteiger charge is -2.28. The van der Waals surface area contributed by atoms with Gasteiger partial charge in [0.2, 0.25) is 5.88 Å². The lowest BCUT2D eigenvalue weighted by Crippen LogP contribution is -2.29. The van der Waals surface area contributed by atoms with E-state index in [0.29, 0.717) is 11.6 Å². The molecule has 1 fully saturated rings. The zero-order chi connectivity index (χ0) is 12.1. The van der Waals surface area contributed by atoms with E-state index in [0.717, 1.165) is 25.7 Å². The summed E-state index contributed by atoms with van der Waals surface area (Å²) in [4.78, 5) is 4.11. The first-order chi connectivity index (χ1) is 8.33. The molecule has 0 spiro atoms. The van der Waals surface area contributed by atoms with Gasteiger partial charge < -0.3 is 9.47 Å². The highest BCUT2D eigenvalue weighted by molar-refractivity contribution is 5.49. The largest absolute Gasteiger partial charge is 0.473 e. The molecule has 1 aromatic rings. The standard InChI is InChI=1S/C12H18N2O3/c1-16-9-4-2-5-10(8-9)17-12-11(14-15)6-3-7-13-12/h3,6-7,9-10,14-15H,2,4-5,8H2,1H3. The van der Waals surface area contributed by atoms with Crippen LogP contribution in [0.2, 0.25) is 0 Å². The summed E-state index contributed by atoms with van der Waals surface area (Å²) in [5.41, 5.74) is 2.58. The number of methoxy groups -OCH3 is 1. The monoisotopic (exact) mass is 238 g/mol. The van der Waals surface area contributed by atoms with Crippen LogP contribution in [0.15, 0.2) is 18.3 Å². The maximum Gasteiger partial charge on any atom is 0.239 e. The van der Waals surface area contributed by atoms with Crippen molar-refractivity contribution in [2.75, 3.05) is 12.6 Å². The van der Waals surface area contributed by atoms with Crippen LogP contribution in [0.3, 0.4) is 0 Å². The molecule has 5 heteroatoms. The molecule has 0 radical (unpaired) electrons. The second kappa shape index (κ2) is 5.84. The van der Waals surface area contributed by atoms with Crippen molar-refractivity contribution >= 4 is 5.69 Å². The molecule has 2 unspecified atom stereocenters. The number of anilines is 1. The Morgan fingerprint density at radius 2 is 2.24 bits per heavy atom. The molecule has 1 aromatic heterocycles. The topological polar surface area (TPSA) is 63.6 Å². The average molecular weight is 238 g/mol. The van der Waals surface area contributed by atoms with Crippen molar-refractivity contribution in [3.05, 3.63) is 18.3 Å². The van der Waals surface area contributed by atoms with Crippen molar-refractivity contribution in [2.45, 2.75) is 37.9 Å². The van der Waals surface area contributed by atoms with Gasteiger partial charge in [0.05, 0.1) is 6.10 Å². The molecule has 2 rings (SSSR count). The lowest BCUT2D eigenvalue weighted by molar-refractivity contribution is 0.0196. The molecule has 1 heterocycles. The van der Waals surface area contributed by atoms with Crippen LogP contribution < -0.4 is 10.2 Å². The van der Waals surface area contributed by atoms with Crippen LogP contribution in [0.1, 0.15) is 25.7 Å². The second-order valence-corrected chi connectivity index (χ2v) is 4.23. The number of rotatable bonds is 4. The zero-order valence-electron chi connectivity index (χ0n) is 9.93. The van der Waals surface area contributed by atoms with Gasteiger partial charge in [0, 0.05) is 19.7 Å². The van der Waals surface area contributed by atoms with E-state index in [1.807, 2.05) is 0 Å². The summed E-state index contributed by atoms with van der Waals surface area (Å²) in [7, 11) is 1.73. The number of hydrogen-bond acceptors (Lipinski definition) is 5. The van der Waals surface area contributed by atoms with Gasteiger partial charge in [0.15, 0.2) is 0 Å². The molecular weight excluding hydrogens is 220 g/mol. The Hall–Kier alpha value is -1.33. The lowest BCUT2D eigenvalue weighted by atomic mass is 9.95. The van der Waals surface area contributed by atoms with Crippen molar-refractivity contribution in [2.24, 2.45) is 0 Å².